The lowest BCUT2D eigenvalue weighted by molar-refractivity contribution is -0.274. The molecule has 3 amide bonds. The van der Waals surface area contributed by atoms with Gasteiger partial charge in [0.2, 0.25) is 11.8 Å². The van der Waals surface area contributed by atoms with E-state index in [-0.39, 0.29) is 29.2 Å². The van der Waals surface area contributed by atoms with Crippen molar-refractivity contribution < 1.29 is 32.3 Å². The smallest absolute Gasteiger partial charge is 0.404 e. The van der Waals surface area contributed by atoms with Crippen LogP contribution >= 0.6 is 11.6 Å². The van der Waals surface area contributed by atoms with Gasteiger partial charge >= 0.3 is 6.36 Å². The number of anilines is 2. The monoisotopic (exact) mass is 555 g/mol. The number of aromatic nitrogens is 1. The molecule has 13 heteroatoms. The highest BCUT2D eigenvalue weighted by Gasteiger charge is 2.33. The minimum Gasteiger partial charge on any atom is -0.404 e. The molecule has 2 rings (SSSR count). The van der Waals surface area contributed by atoms with Gasteiger partial charge in [0, 0.05) is 36.3 Å². The average Bonchev–Trinajstić information content (AvgIpc) is 2.77. The van der Waals surface area contributed by atoms with Gasteiger partial charge in [0.05, 0.1) is 5.69 Å². The third kappa shape index (κ3) is 9.92. The number of rotatable bonds is 10. The van der Waals surface area contributed by atoms with Crippen LogP contribution in [0.15, 0.2) is 47.8 Å². The average molecular weight is 556 g/mol. The van der Waals surface area contributed by atoms with Crippen molar-refractivity contribution in [3.63, 3.8) is 0 Å². The molecule has 0 fully saturated rings. The van der Waals surface area contributed by atoms with Crippen molar-refractivity contribution >= 4 is 40.8 Å². The maximum absolute atomic E-state index is 12.8. The fourth-order valence-corrected chi connectivity index (χ4v) is 3.53. The molecule has 206 valence electrons. The zero-order valence-corrected chi connectivity index (χ0v) is 22.2. The number of amides is 3. The molecule has 1 aromatic carbocycles. The van der Waals surface area contributed by atoms with E-state index in [2.05, 4.69) is 31.0 Å². The number of hydrogen-bond donors (Lipinski definition) is 4. The predicted molar refractivity (Wildman–Crippen MR) is 137 cm³/mol. The van der Waals surface area contributed by atoms with Crippen molar-refractivity contribution in [2.75, 3.05) is 17.7 Å². The van der Waals surface area contributed by atoms with Gasteiger partial charge in [-0.15, -0.1) is 13.2 Å². The summed E-state index contributed by atoms with van der Waals surface area (Å²) in [5.41, 5.74) is -0.162. The summed E-state index contributed by atoms with van der Waals surface area (Å²) in [6.07, 6.45) is -5.39. The van der Waals surface area contributed by atoms with E-state index >= 15 is 0 Å². The molecule has 1 heterocycles. The molecule has 9 nitrogen and oxygen atoms in total. The molecule has 0 radical (unpaired) electrons. The topological polar surface area (TPSA) is 121 Å². The first-order chi connectivity index (χ1) is 17.6. The van der Waals surface area contributed by atoms with Crippen molar-refractivity contribution in [1.29, 1.82) is 0 Å². The van der Waals surface area contributed by atoms with E-state index in [0.717, 1.165) is 12.1 Å². The van der Waals surface area contributed by atoms with Crippen LogP contribution in [-0.4, -0.2) is 36.1 Å². The van der Waals surface area contributed by atoms with E-state index in [4.69, 9.17) is 11.6 Å². The van der Waals surface area contributed by atoms with Gasteiger partial charge in [-0.05, 0) is 49.6 Å². The number of ether oxygens (including phenoxy) is 1. The Labute approximate surface area is 223 Å². The number of pyridine rings is 1. The van der Waals surface area contributed by atoms with Crippen LogP contribution in [0.25, 0.3) is 0 Å². The Morgan fingerprint density at radius 1 is 1.03 bits per heavy atom. The van der Waals surface area contributed by atoms with Crippen LogP contribution in [0.3, 0.4) is 0 Å². The molecule has 0 atom stereocenters. The summed E-state index contributed by atoms with van der Waals surface area (Å²) < 4.78 is 42.1. The summed E-state index contributed by atoms with van der Waals surface area (Å²) in [7, 11) is 1.58. The summed E-state index contributed by atoms with van der Waals surface area (Å²) >= 11 is 5.86. The van der Waals surface area contributed by atoms with Crippen LogP contribution in [0.1, 0.15) is 39.3 Å². The van der Waals surface area contributed by atoms with E-state index in [0.29, 0.717) is 17.2 Å². The highest BCUT2D eigenvalue weighted by atomic mass is 35.5. The van der Waals surface area contributed by atoms with Gasteiger partial charge in [0.1, 0.15) is 11.5 Å². The van der Waals surface area contributed by atoms with Gasteiger partial charge in [-0.3, -0.25) is 14.4 Å². The van der Waals surface area contributed by atoms with E-state index in [1.165, 1.54) is 6.07 Å². The Kier molecular flexibility index (Phi) is 10.1. The summed E-state index contributed by atoms with van der Waals surface area (Å²) in [5, 5.41) is 10.4. The lowest BCUT2D eigenvalue weighted by Gasteiger charge is -2.24. The molecule has 1 aromatic heterocycles. The number of aryl methyl sites for hydroxylation is 1. The number of hydrogen-bond acceptors (Lipinski definition) is 6. The first kappa shape index (κ1) is 30.4. The molecule has 0 aliphatic carbocycles. The largest absolute Gasteiger partial charge is 0.573 e. The molecule has 0 unspecified atom stereocenters. The molecular formula is C25H29ClF3N5O4. The summed E-state index contributed by atoms with van der Waals surface area (Å²) in [5.74, 6) is -2.14. The highest BCUT2D eigenvalue weighted by Crippen LogP contribution is 2.34. The number of nitrogens with zero attached hydrogens (tertiary/aromatic N) is 1. The molecule has 38 heavy (non-hydrogen) atoms. The van der Waals surface area contributed by atoms with Gasteiger partial charge in [0.15, 0.2) is 5.75 Å². The van der Waals surface area contributed by atoms with Crippen molar-refractivity contribution in [2.24, 2.45) is 5.41 Å². The molecule has 0 spiro atoms. The number of halogens is 4. The Balaban J connectivity index is 2.07. The van der Waals surface area contributed by atoms with E-state index < -0.39 is 35.2 Å². The molecule has 0 aliphatic rings. The van der Waals surface area contributed by atoms with Crippen molar-refractivity contribution in [1.82, 2.24) is 15.6 Å². The minimum absolute atomic E-state index is 0.0334. The third-order valence-corrected chi connectivity index (χ3v) is 5.33. The third-order valence-electron chi connectivity index (χ3n) is 5.09. The number of carbonyl (C=O) groups excluding carboxylic acids is 3. The van der Waals surface area contributed by atoms with Crippen LogP contribution in [0.2, 0.25) is 5.02 Å². The Morgan fingerprint density at radius 3 is 2.29 bits per heavy atom. The Morgan fingerprint density at radius 2 is 1.68 bits per heavy atom. The van der Waals surface area contributed by atoms with Crippen LogP contribution in [0.4, 0.5) is 24.7 Å². The molecule has 0 saturated carbocycles. The van der Waals surface area contributed by atoms with Crippen molar-refractivity contribution in [2.45, 2.75) is 46.9 Å². The van der Waals surface area contributed by atoms with Crippen LogP contribution in [0, 0.1) is 12.3 Å². The van der Waals surface area contributed by atoms with Crippen molar-refractivity contribution in [3.05, 3.63) is 58.5 Å². The predicted octanol–water partition coefficient (Wildman–Crippen LogP) is 4.89. The number of allylic oxidation sites excluding steroid dienone is 1. The lowest BCUT2D eigenvalue weighted by atomic mass is 9.85. The lowest BCUT2D eigenvalue weighted by Crippen LogP contribution is -2.36. The molecule has 0 bridgehead atoms. The first-order valence-corrected chi connectivity index (χ1v) is 11.7. The maximum atomic E-state index is 12.8. The van der Waals surface area contributed by atoms with Gasteiger partial charge in [-0.25, -0.2) is 4.98 Å². The molecule has 4 N–H and O–H groups in total. The number of alkyl halides is 3. The molecule has 0 aliphatic heterocycles. The molecule has 0 saturated heterocycles. The van der Waals surface area contributed by atoms with Crippen LogP contribution in [-0.2, 0) is 14.4 Å². The van der Waals surface area contributed by atoms with Gasteiger partial charge in [-0.2, -0.15) is 0 Å². The normalized spacial score (nSPS) is 12.2. The van der Waals surface area contributed by atoms with Crippen LogP contribution < -0.4 is 26.0 Å². The summed E-state index contributed by atoms with van der Waals surface area (Å²) in [6.45, 7) is 6.62. The first-order valence-electron chi connectivity index (χ1n) is 11.4. The Bertz CT molecular complexity index is 1230. The second-order valence-corrected chi connectivity index (χ2v) is 9.61. The van der Waals surface area contributed by atoms with Gasteiger partial charge < -0.3 is 26.0 Å². The summed E-state index contributed by atoms with van der Waals surface area (Å²) in [6, 6.07) is 8.39. The highest BCUT2D eigenvalue weighted by molar-refractivity contribution is 6.31. The minimum atomic E-state index is -4.97. The summed E-state index contributed by atoms with van der Waals surface area (Å²) in [4.78, 5) is 42.5. The molecule has 2 aromatic rings. The SMILES string of the molecule is CN/C(C)=C(/NC(=O)CC(C)(C)CC(=O)Nc1cc(Cl)ccc1OC(F)(F)F)C(=O)Nc1cccc(C)n1. The van der Waals surface area contributed by atoms with E-state index in [1.807, 2.05) is 0 Å². The quantitative estimate of drug-likeness (QED) is 0.310. The van der Waals surface area contributed by atoms with Gasteiger partial charge in [-0.1, -0.05) is 31.5 Å². The fraction of sp³-hybridized carbons (Fsp3) is 0.360. The van der Waals surface area contributed by atoms with Crippen molar-refractivity contribution in [3.8, 4) is 5.75 Å². The van der Waals surface area contributed by atoms with Gasteiger partial charge in [0.25, 0.3) is 5.91 Å². The zero-order chi connectivity index (χ0) is 28.7. The maximum Gasteiger partial charge on any atom is 0.573 e. The zero-order valence-electron chi connectivity index (χ0n) is 21.5. The second kappa shape index (κ2) is 12.6. The van der Waals surface area contributed by atoms with E-state index in [9.17, 15) is 27.6 Å². The number of nitrogens with one attached hydrogen (secondary N) is 4. The second-order valence-electron chi connectivity index (χ2n) is 9.17. The Hall–Kier alpha value is -3.80. The number of carbonyl (C=O) groups is 3. The standard InChI is InChI=1S/C25H29ClF3N5O4/c1-14-7-6-8-19(31-14)33-23(37)22(15(2)30-5)34-21(36)13-24(3,4)12-20(35)32-17-11-16(26)9-10-18(17)38-25(27,28)29/h6-11,30H,12-13H2,1-5H3,(H,32,35)(H,34,36)(H,31,33,37)/b22-15+. The van der Waals surface area contributed by atoms with E-state index in [1.54, 1.807) is 52.9 Å². The number of benzene rings is 1. The van der Waals surface area contributed by atoms with Crippen LogP contribution in [0.5, 0.6) is 5.75 Å². The fourth-order valence-electron chi connectivity index (χ4n) is 3.36. The molecular weight excluding hydrogens is 527 g/mol.